The second kappa shape index (κ2) is 3.94. The van der Waals surface area contributed by atoms with Crippen molar-refractivity contribution in [2.24, 2.45) is 0 Å². The summed E-state index contributed by atoms with van der Waals surface area (Å²) in [6, 6.07) is 5.82. The number of halogens is 1. The van der Waals surface area contributed by atoms with Crippen molar-refractivity contribution in [3.8, 4) is 11.4 Å². The van der Waals surface area contributed by atoms with Crippen molar-refractivity contribution in [1.82, 2.24) is 9.97 Å². The topological polar surface area (TPSA) is 66.0 Å². The molecule has 3 rings (SSSR count). The van der Waals surface area contributed by atoms with Crippen LogP contribution >= 0.6 is 0 Å². The zero-order valence-corrected chi connectivity index (χ0v) is 9.48. The first-order valence-corrected chi connectivity index (χ1v) is 5.74. The predicted octanol–water partition coefficient (Wildman–Crippen LogP) is 2.79. The molecule has 92 valence electrons. The molecule has 1 heterocycles. The normalized spacial score (nSPS) is 14.7. The lowest BCUT2D eigenvalue weighted by Crippen LogP contribution is -2.00. The van der Waals surface area contributed by atoms with E-state index in [0.29, 0.717) is 17.1 Å². The number of imidazole rings is 1. The van der Waals surface area contributed by atoms with Crippen LogP contribution in [0.25, 0.3) is 11.4 Å². The summed E-state index contributed by atoms with van der Waals surface area (Å²) in [5, 5.41) is 9.10. The Kier molecular flexibility index (Phi) is 2.40. The van der Waals surface area contributed by atoms with Gasteiger partial charge in [-0.2, -0.15) is 0 Å². The highest BCUT2D eigenvalue weighted by Crippen LogP contribution is 2.41. The predicted molar refractivity (Wildman–Crippen MR) is 62.9 cm³/mol. The SMILES string of the molecule is O=C(O)c1nc(-c2ccc(F)cc2)[nH]c1C1CC1. The van der Waals surface area contributed by atoms with Gasteiger partial charge in [0.2, 0.25) is 0 Å². The van der Waals surface area contributed by atoms with E-state index in [9.17, 15) is 9.18 Å². The van der Waals surface area contributed by atoms with E-state index in [-0.39, 0.29) is 17.4 Å². The van der Waals surface area contributed by atoms with Gasteiger partial charge in [0.25, 0.3) is 0 Å². The molecule has 0 unspecified atom stereocenters. The van der Waals surface area contributed by atoms with Gasteiger partial charge < -0.3 is 10.1 Å². The van der Waals surface area contributed by atoms with E-state index in [1.807, 2.05) is 0 Å². The lowest BCUT2D eigenvalue weighted by molar-refractivity contribution is 0.0690. The highest BCUT2D eigenvalue weighted by atomic mass is 19.1. The van der Waals surface area contributed by atoms with E-state index in [2.05, 4.69) is 9.97 Å². The number of nitrogens with one attached hydrogen (secondary N) is 1. The summed E-state index contributed by atoms with van der Waals surface area (Å²) in [7, 11) is 0. The molecule has 1 aromatic carbocycles. The number of carboxylic acids is 1. The first-order valence-electron chi connectivity index (χ1n) is 5.74. The second-order valence-electron chi connectivity index (χ2n) is 4.43. The molecule has 1 aromatic heterocycles. The summed E-state index contributed by atoms with van der Waals surface area (Å²) in [5.74, 6) is -0.597. The first kappa shape index (κ1) is 11.0. The average molecular weight is 246 g/mol. The molecule has 1 aliphatic rings. The van der Waals surface area contributed by atoms with Gasteiger partial charge >= 0.3 is 5.97 Å². The smallest absolute Gasteiger partial charge is 0.356 e. The number of aromatic carboxylic acids is 1. The van der Waals surface area contributed by atoms with Crippen molar-refractivity contribution in [2.75, 3.05) is 0 Å². The number of rotatable bonds is 3. The maximum atomic E-state index is 12.8. The first-order chi connectivity index (χ1) is 8.65. The fourth-order valence-corrected chi connectivity index (χ4v) is 1.96. The van der Waals surface area contributed by atoms with Gasteiger partial charge in [-0.1, -0.05) is 0 Å². The maximum Gasteiger partial charge on any atom is 0.356 e. The Morgan fingerprint density at radius 1 is 1.33 bits per heavy atom. The lowest BCUT2D eigenvalue weighted by atomic mass is 10.2. The van der Waals surface area contributed by atoms with Gasteiger partial charge in [0.05, 0.1) is 5.69 Å². The third-order valence-electron chi connectivity index (χ3n) is 3.04. The van der Waals surface area contributed by atoms with Gasteiger partial charge in [-0.25, -0.2) is 14.2 Å². The molecule has 0 radical (unpaired) electrons. The van der Waals surface area contributed by atoms with Crippen LogP contribution in [0.3, 0.4) is 0 Å². The molecule has 0 aliphatic heterocycles. The van der Waals surface area contributed by atoms with Crippen LogP contribution in [0.4, 0.5) is 4.39 Å². The summed E-state index contributed by atoms with van der Waals surface area (Å²) >= 11 is 0. The minimum absolute atomic E-state index is 0.0804. The minimum Gasteiger partial charge on any atom is -0.476 e. The summed E-state index contributed by atoms with van der Waals surface area (Å²) in [4.78, 5) is 18.2. The number of hydrogen-bond donors (Lipinski definition) is 2. The van der Waals surface area contributed by atoms with Gasteiger partial charge in [-0.05, 0) is 37.1 Å². The average Bonchev–Trinajstić information content (AvgIpc) is 3.09. The van der Waals surface area contributed by atoms with E-state index >= 15 is 0 Å². The second-order valence-corrected chi connectivity index (χ2v) is 4.43. The third kappa shape index (κ3) is 1.88. The van der Waals surface area contributed by atoms with Crippen LogP contribution in [0.1, 0.15) is 34.9 Å². The van der Waals surface area contributed by atoms with Crippen LogP contribution in [-0.4, -0.2) is 21.0 Å². The van der Waals surface area contributed by atoms with E-state index < -0.39 is 5.97 Å². The zero-order chi connectivity index (χ0) is 12.7. The van der Waals surface area contributed by atoms with Gasteiger partial charge in [0.1, 0.15) is 11.6 Å². The Bertz CT molecular complexity index is 600. The molecular weight excluding hydrogens is 235 g/mol. The summed E-state index contributed by atoms with van der Waals surface area (Å²) in [6.45, 7) is 0. The lowest BCUT2D eigenvalue weighted by Gasteiger charge is -1.96. The zero-order valence-electron chi connectivity index (χ0n) is 9.48. The van der Waals surface area contributed by atoms with Crippen molar-refractivity contribution in [3.05, 3.63) is 41.5 Å². The molecule has 1 fully saturated rings. The van der Waals surface area contributed by atoms with Gasteiger partial charge in [0.15, 0.2) is 5.69 Å². The third-order valence-corrected chi connectivity index (χ3v) is 3.04. The fourth-order valence-electron chi connectivity index (χ4n) is 1.96. The molecule has 4 nitrogen and oxygen atoms in total. The maximum absolute atomic E-state index is 12.8. The molecule has 0 bridgehead atoms. The Morgan fingerprint density at radius 3 is 2.56 bits per heavy atom. The highest BCUT2D eigenvalue weighted by Gasteiger charge is 2.31. The molecule has 0 atom stereocenters. The van der Waals surface area contributed by atoms with E-state index in [4.69, 9.17) is 5.11 Å². The molecule has 1 saturated carbocycles. The standard InChI is InChI=1S/C13H11FN2O2/c14-9-5-3-8(4-6-9)12-15-10(7-1-2-7)11(16-12)13(17)18/h3-7H,1-2H2,(H,15,16)(H,17,18). The van der Waals surface area contributed by atoms with Crippen LogP contribution in [0, 0.1) is 5.82 Å². The number of H-pyrrole nitrogens is 1. The van der Waals surface area contributed by atoms with Crippen molar-refractivity contribution in [2.45, 2.75) is 18.8 Å². The number of carbonyl (C=O) groups is 1. The van der Waals surface area contributed by atoms with Crippen LogP contribution in [-0.2, 0) is 0 Å². The quantitative estimate of drug-likeness (QED) is 0.875. The fraction of sp³-hybridized carbons (Fsp3) is 0.231. The Balaban J connectivity index is 2.04. The number of hydrogen-bond acceptors (Lipinski definition) is 2. The molecule has 18 heavy (non-hydrogen) atoms. The monoisotopic (exact) mass is 246 g/mol. The highest BCUT2D eigenvalue weighted by molar-refractivity contribution is 5.88. The Hall–Kier alpha value is -2.17. The number of aromatic amines is 1. The molecule has 5 heteroatoms. The molecule has 0 amide bonds. The molecule has 2 aromatic rings. The van der Waals surface area contributed by atoms with Gasteiger partial charge in [-0.3, -0.25) is 0 Å². The summed E-state index contributed by atoms with van der Waals surface area (Å²) < 4.78 is 12.8. The van der Waals surface area contributed by atoms with Crippen LogP contribution in [0.15, 0.2) is 24.3 Å². The number of nitrogens with zero attached hydrogens (tertiary/aromatic N) is 1. The van der Waals surface area contributed by atoms with Crippen molar-refractivity contribution in [1.29, 1.82) is 0 Å². The number of benzene rings is 1. The van der Waals surface area contributed by atoms with Crippen molar-refractivity contribution >= 4 is 5.97 Å². The van der Waals surface area contributed by atoms with Crippen LogP contribution in [0.2, 0.25) is 0 Å². The Labute approximate surface area is 102 Å². The number of carboxylic acid groups (broad SMARTS) is 1. The van der Waals surface area contributed by atoms with E-state index in [1.54, 1.807) is 12.1 Å². The summed E-state index contributed by atoms with van der Waals surface area (Å²) in [5.41, 5.74) is 1.45. The Morgan fingerprint density at radius 2 is 2.00 bits per heavy atom. The number of aromatic nitrogens is 2. The molecule has 1 aliphatic carbocycles. The largest absolute Gasteiger partial charge is 0.476 e. The molecule has 2 N–H and O–H groups in total. The molecular formula is C13H11FN2O2. The van der Waals surface area contributed by atoms with Crippen LogP contribution in [0.5, 0.6) is 0 Å². The van der Waals surface area contributed by atoms with Crippen molar-refractivity contribution in [3.63, 3.8) is 0 Å². The summed E-state index contributed by atoms with van der Waals surface area (Å²) in [6.07, 6.45) is 1.98. The van der Waals surface area contributed by atoms with Crippen molar-refractivity contribution < 1.29 is 14.3 Å². The van der Waals surface area contributed by atoms with E-state index in [1.165, 1.54) is 12.1 Å². The van der Waals surface area contributed by atoms with E-state index in [0.717, 1.165) is 12.8 Å². The molecule has 0 saturated heterocycles. The van der Waals surface area contributed by atoms with Gasteiger partial charge in [0, 0.05) is 11.5 Å². The molecule has 0 spiro atoms. The van der Waals surface area contributed by atoms with Gasteiger partial charge in [-0.15, -0.1) is 0 Å². The minimum atomic E-state index is -1.03. The van der Waals surface area contributed by atoms with Crippen LogP contribution < -0.4 is 0 Å².